The molecule has 0 amide bonds. The molecule has 0 saturated heterocycles. The second-order valence-corrected chi connectivity index (χ2v) is 5.89. The molecule has 1 aliphatic rings. The number of nitrogens with one attached hydrogen (secondary N) is 1. The number of aromatic nitrogens is 1. The van der Waals surface area contributed by atoms with Crippen LogP contribution in [0.25, 0.3) is 10.9 Å². The quantitative estimate of drug-likeness (QED) is 0.630. The van der Waals surface area contributed by atoms with Crippen LogP contribution in [0.4, 0.5) is 5.82 Å². The van der Waals surface area contributed by atoms with E-state index in [1.807, 2.05) is 30.3 Å². The fourth-order valence-electron chi connectivity index (χ4n) is 2.44. The highest BCUT2D eigenvalue weighted by Crippen LogP contribution is 2.33. The molecule has 3 rings (SSSR count). The van der Waals surface area contributed by atoms with E-state index in [0.717, 1.165) is 34.7 Å². The van der Waals surface area contributed by atoms with Gasteiger partial charge >= 0.3 is 0 Å². The van der Waals surface area contributed by atoms with Gasteiger partial charge in [-0.3, -0.25) is 0 Å². The number of rotatable bonds is 6. The van der Waals surface area contributed by atoms with Gasteiger partial charge in [-0.25, -0.2) is 4.98 Å². The largest absolute Gasteiger partial charge is 0.389 e. The second-order valence-electron chi connectivity index (χ2n) is 5.45. The molecule has 1 aromatic heterocycles. The molecule has 0 unspecified atom stereocenters. The van der Waals surface area contributed by atoms with Gasteiger partial charge in [0.25, 0.3) is 0 Å². The molecule has 1 aliphatic carbocycles. The SMILES string of the molecule is NC(=S)c1cc2ccccc2nc1NCCCC1CC1. The molecule has 104 valence electrons. The van der Waals surface area contributed by atoms with E-state index in [9.17, 15) is 0 Å². The van der Waals surface area contributed by atoms with Gasteiger partial charge in [-0.1, -0.05) is 43.3 Å². The maximum Gasteiger partial charge on any atom is 0.136 e. The van der Waals surface area contributed by atoms with Crippen molar-refractivity contribution in [3.8, 4) is 0 Å². The number of hydrogen-bond donors (Lipinski definition) is 2. The van der Waals surface area contributed by atoms with Crippen molar-refractivity contribution in [3.05, 3.63) is 35.9 Å². The van der Waals surface area contributed by atoms with Gasteiger partial charge in [0.05, 0.1) is 11.1 Å². The Balaban J connectivity index is 1.78. The van der Waals surface area contributed by atoms with Gasteiger partial charge in [0, 0.05) is 11.9 Å². The zero-order valence-electron chi connectivity index (χ0n) is 11.4. The van der Waals surface area contributed by atoms with Crippen LogP contribution in [0.2, 0.25) is 0 Å². The third-order valence-corrected chi connectivity index (χ3v) is 3.99. The minimum Gasteiger partial charge on any atom is -0.389 e. The summed E-state index contributed by atoms with van der Waals surface area (Å²) < 4.78 is 0. The molecule has 0 radical (unpaired) electrons. The van der Waals surface area contributed by atoms with E-state index in [1.165, 1.54) is 25.7 Å². The van der Waals surface area contributed by atoms with Crippen molar-refractivity contribution in [1.82, 2.24) is 4.98 Å². The van der Waals surface area contributed by atoms with Gasteiger partial charge in [0.1, 0.15) is 10.8 Å². The number of nitrogens with two attached hydrogens (primary N) is 1. The zero-order valence-corrected chi connectivity index (χ0v) is 12.2. The van der Waals surface area contributed by atoms with Crippen LogP contribution in [0.1, 0.15) is 31.2 Å². The van der Waals surface area contributed by atoms with Gasteiger partial charge < -0.3 is 11.1 Å². The molecule has 0 bridgehead atoms. The molecule has 0 spiro atoms. The number of benzene rings is 1. The molecule has 3 nitrogen and oxygen atoms in total. The molecule has 0 atom stereocenters. The summed E-state index contributed by atoms with van der Waals surface area (Å²) in [6.45, 7) is 0.928. The predicted molar refractivity (Wildman–Crippen MR) is 88.1 cm³/mol. The second kappa shape index (κ2) is 5.75. The van der Waals surface area contributed by atoms with Crippen molar-refractivity contribution in [2.75, 3.05) is 11.9 Å². The van der Waals surface area contributed by atoms with Crippen LogP contribution in [0.15, 0.2) is 30.3 Å². The number of fused-ring (bicyclic) bond motifs is 1. The first-order chi connectivity index (χ1) is 9.74. The van der Waals surface area contributed by atoms with E-state index in [4.69, 9.17) is 18.0 Å². The van der Waals surface area contributed by atoms with Gasteiger partial charge in [-0.2, -0.15) is 0 Å². The lowest BCUT2D eigenvalue weighted by molar-refractivity contribution is 0.686. The Morgan fingerprint density at radius 2 is 2.15 bits per heavy atom. The minimum absolute atomic E-state index is 0.396. The van der Waals surface area contributed by atoms with Crippen LogP contribution < -0.4 is 11.1 Å². The highest BCUT2D eigenvalue weighted by molar-refractivity contribution is 7.80. The van der Waals surface area contributed by atoms with Crippen molar-refractivity contribution in [2.45, 2.75) is 25.7 Å². The van der Waals surface area contributed by atoms with Crippen LogP contribution in [0.3, 0.4) is 0 Å². The summed E-state index contributed by atoms with van der Waals surface area (Å²) in [5, 5.41) is 4.46. The van der Waals surface area contributed by atoms with Gasteiger partial charge in [-0.15, -0.1) is 0 Å². The molecular weight excluding hydrogens is 266 g/mol. The summed E-state index contributed by atoms with van der Waals surface area (Å²) in [6, 6.07) is 10.0. The molecule has 1 fully saturated rings. The number of thiocarbonyl (C=S) groups is 1. The first-order valence-electron chi connectivity index (χ1n) is 7.17. The Labute approximate surface area is 124 Å². The van der Waals surface area contributed by atoms with Crippen molar-refractivity contribution in [1.29, 1.82) is 0 Å². The Bertz CT molecular complexity index is 635. The van der Waals surface area contributed by atoms with Crippen LogP contribution in [0.5, 0.6) is 0 Å². The highest BCUT2D eigenvalue weighted by Gasteiger charge is 2.20. The van der Waals surface area contributed by atoms with Crippen molar-refractivity contribution >= 4 is 33.9 Å². The van der Waals surface area contributed by atoms with E-state index in [-0.39, 0.29) is 0 Å². The maximum atomic E-state index is 5.82. The summed E-state index contributed by atoms with van der Waals surface area (Å²) in [4.78, 5) is 5.05. The molecule has 1 aromatic carbocycles. The summed E-state index contributed by atoms with van der Waals surface area (Å²) in [6.07, 6.45) is 5.30. The number of hydrogen-bond acceptors (Lipinski definition) is 3. The first kappa shape index (κ1) is 13.3. The molecule has 0 aliphatic heterocycles. The molecule has 1 saturated carbocycles. The van der Waals surface area contributed by atoms with E-state index in [0.29, 0.717) is 4.99 Å². The molecule has 3 N–H and O–H groups in total. The zero-order chi connectivity index (χ0) is 13.9. The summed E-state index contributed by atoms with van der Waals surface area (Å²) in [5.74, 6) is 1.78. The van der Waals surface area contributed by atoms with Crippen LogP contribution in [-0.4, -0.2) is 16.5 Å². The monoisotopic (exact) mass is 285 g/mol. The van der Waals surface area contributed by atoms with Crippen LogP contribution in [0, 0.1) is 5.92 Å². The lowest BCUT2D eigenvalue weighted by Gasteiger charge is -2.11. The average molecular weight is 285 g/mol. The third kappa shape index (κ3) is 3.07. The number of para-hydroxylation sites is 1. The smallest absolute Gasteiger partial charge is 0.136 e. The lowest BCUT2D eigenvalue weighted by Crippen LogP contribution is -2.15. The Morgan fingerprint density at radius 3 is 2.90 bits per heavy atom. The van der Waals surface area contributed by atoms with Gasteiger partial charge in [-0.05, 0) is 30.9 Å². The van der Waals surface area contributed by atoms with Crippen molar-refractivity contribution in [3.63, 3.8) is 0 Å². The molecule has 20 heavy (non-hydrogen) atoms. The van der Waals surface area contributed by atoms with Crippen LogP contribution >= 0.6 is 12.2 Å². The fourth-order valence-corrected chi connectivity index (χ4v) is 2.60. The standard InChI is InChI=1S/C16H19N3S/c17-15(20)13-10-12-5-1-2-6-14(12)19-16(13)18-9-3-4-11-7-8-11/h1-2,5-6,10-11H,3-4,7-9H2,(H2,17,20)(H,18,19). The lowest BCUT2D eigenvalue weighted by atomic mass is 10.1. The average Bonchev–Trinajstić information content (AvgIpc) is 3.26. The van der Waals surface area contributed by atoms with Crippen molar-refractivity contribution < 1.29 is 0 Å². The predicted octanol–water partition coefficient (Wildman–Crippen LogP) is 3.47. The van der Waals surface area contributed by atoms with Crippen molar-refractivity contribution in [2.24, 2.45) is 11.7 Å². The number of anilines is 1. The summed E-state index contributed by atoms with van der Waals surface area (Å²) in [7, 11) is 0. The first-order valence-corrected chi connectivity index (χ1v) is 7.58. The van der Waals surface area contributed by atoms with E-state index < -0.39 is 0 Å². The highest BCUT2D eigenvalue weighted by atomic mass is 32.1. The van der Waals surface area contributed by atoms with E-state index in [1.54, 1.807) is 0 Å². The topological polar surface area (TPSA) is 50.9 Å². The summed E-state index contributed by atoms with van der Waals surface area (Å²) >= 11 is 5.14. The molecule has 2 aromatic rings. The maximum absolute atomic E-state index is 5.82. The molecule has 4 heteroatoms. The molecular formula is C16H19N3S. The molecule has 1 heterocycles. The normalized spacial score (nSPS) is 14.4. The Hall–Kier alpha value is -1.68. The van der Waals surface area contributed by atoms with Crippen LogP contribution in [-0.2, 0) is 0 Å². The Morgan fingerprint density at radius 1 is 1.35 bits per heavy atom. The van der Waals surface area contributed by atoms with Gasteiger partial charge in [0.2, 0.25) is 0 Å². The minimum atomic E-state index is 0.396. The van der Waals surface area contributed by atoms with E-state index >= 15 is 0 Å². The summed E-state index contributed by atoms with van der Waals surface area (Å²) in [5.41, 5.74) is 7.63. The third-order valence-electron chi connectivity index (χ3n) is 3.77. The fraction of sp³-hybridized carbons (Fsp3) is 0.375. The number of nitrogens with zero attached hydrogens (tertiary/aromatic N) is 1. The van der Waals surface area contributed by atoms with E-state index in [2.05, 4.69) is 10.3 Å². The Kier molecular flexibility index (Phi) is 3.83. The number of pyridine rings is 1. The van der Waals surface area contributed by atoms with Gasteiger partial charge in [0.15, 0.2) is 0 Å².